The van der Waals surface area contributed by atoms with E-state index in [-0.39, 0.29) is 57.9 Å². The van der Waals surface area contributed by atoms with Crippen molar-refractivity contribution >= 4 is 23.8 Å². The van der Waals surface area contributed by atoms with Crippen LogP contribution in [0.2, 0.25) is 0 Å². The van der Waals surface area contributed by atoms with Gasteiger partial charge in [-0.05, 0) is 104 Å². The highest BCUT2D eigenvalue weighted by Gasteiger charge is 2.72. The van der Waals surface area contributed by atoms with Crippen LogP contribution in [0, 0.1) is 56.7 Å². The zero-order chi connectivity index (χ0) is 36.9. The third kappa shape index (κ3) is 6.24. The fourth-order valence-corrected chi connectivity index (χ4v) is 12.9. The lowest BCUT2D eigenvalue weighted by Crippen LogP contribution is -2.69. The molecule has 1 N–H and O–H groups in total. The number of esters is 3. The minimum absolute atomic E-state index is 0.0666. The second-order valence-electron chi connectivity index (χ2n) is 18.3. The number of allylic oxidation sites excluding steroid dienone is 2. The molecule has 282 valence electrons. The van der Waals surface area contributed by atoms with Crippen molar-refractivity contribution in [3.8, 4) is 0 Å². The Kier molecular flexibility index (Phi) is 11.0. The van der Waals surface area contributed by atoms with Gasteiger partial charge in [0.05, 0.1) is 5.41 Å². The molecular weight excluding hydrogens is 630 g/mol. The van der Waals surface area contributed by atoms with Gasteiger partial charge in [-0.2, -0.15) is 0 Å². The van der Waals surface area contributed by atoms with E-state index < -0.39 is 29.6 Å². The predicted molar refractivity (Wildman–Crippen MR) is 194 cm³/mol. The molecule has 5 aliphatic rings. The summed E-state index contributed by atoms with van der Waals surface area (Å²) < 4.78 is 17.8. The van der Waals surface area contributed by atoms with Crippen molar-refractivity contribution in [1.29, 1.82) is 0 Å². The lowest BCUT2D eigenvalue weighted by molar-refractivity contribution is -0.255. The van der Waals surface area contributed by atoms with Crippen LogP contribution in [-0.4, -0.2) is 49.2 Å². The van der Waals surface area contributed by atoms with Gasteiger partial charge in [-0.15, -0.1) is 0 Å². The highest BCUT2D eigenvalue weighted by molar-refractivity contribution is 5.84. The lowest BCUT2D eigenvalue weighted by atomic mass is 9.33. The third-order valence-corrected chi connectivity index (χ3v) is 15.6. The average Bonchev–Trinajstić information content (AvgIpc) is 3.03. The number of hydrogen-bond acceptors (Lipinski definition) is 7. The molecule has 4 saturated carbocycles. The second-order valence-corrected chi connectivity index (χ2v) is 18.3. The second kappa shape index (κ2) is 14.2. The van der Waals surface area contributed by atoms with Crippen molar-refractivity contribution in [2.75, 3.05) is 13.2 Å². The van der Waals surface area contributed by atoms with Crippen LogP contribution in [0.4, 0.5) is 0 Å². The molecule has 8 heteroatoms. The van der Waals surface area contributed by atoms with Crippen molar-refractivity contribution in [2.45, 2.75) is 158 Å². The zero-order valence-corrected chi connectivity index (χ0v) is 32.9. The van der Waals surface area contributed by atoms with E-state index in [0.29, 0.717) is 18.3 Å². The molecule has 0 bridgehead atoms. The molecule has 0 aliphatic heterocycles. The molecule has 12 atom stereocenters. The molecule has 0 radical (unpaired) electrons. The predicted octanol–water partition coefficient (Wildman–Crippen LogP) is 8.36. The molecule has 8 nitrogen and oxygen atoms in total. The third-order valence-electron chi connectivity index (χ3n) is 15.6. The van der Waals surface area contributed by atoms with Crippen LogP contribution >= 0.6 is 0 Å². The maximum atomic E-state index is 14.4. The van der Waals surface area contributed by atoms with Crippen LogP contribution in [-0.2, 0) is 33.4 Å². The molecule has 5 rings (SSSR count). The van der Waals surface area contributed by atoms with Crippen molar-refractivity contribution in [2.24, 2.45) is 56.7 Å². The molecule has 1 amide bonds. The van der Waals surface area contributed by atoms with Gasteiger partial charge in [0.2, 0.25) is 5.91 Å². The first-order chi connectivity index (χ1) is 23.4. The van der Waals surface area contributed by atoms with E-state index in [1.54, 1.807) is 0 Å². The van der Waals surface area contributed by atoms with Gasteiger partial charge in [0.25, 0.3) is 0 Å². The fourth-order valence-electron chi connectivity index (χ4n) is 12.9. The Hall–Kier alpha value is -2.38. The van der Waals surface area contributed by atoms with E-state index in [2.05, 4.69) is 59.9 Å². The van der Waals surface area contributed by atoms with Gasteiger partial charge in [0.1, 0.15) is 18.8 Å². The first-order valence-corrected chi connectivity index (χ1v) is 19.9. The standard InChI is InChI=1S/C42H67NO7/c1-11-12-13-14-23-43-37(47)42-20-17-26(2)27(3)35(42)31-15-16-34-38(7)24-32(49-29(5)45)36(50-30(6)46)39(8,25-48-28(4)44)33(38)18-19-41(34,10)40(31,9)21-22-42/h15,26-27,32-36H,11-14,16-25H2,1-10H3,(H,43,47)/t26-,27+,32-,33?,34?,35?,36+,38+,39+,40-,41-,42+/m1/s1. The molecule has 50 heavy (non-hydrogen) atoms. The topological polar surface area (TPSA) is 108 Å². The van der Waals surface area contributed by atoms with Crippen LogP contribution in [0.15, 0.2) is 11.6 Å². The zero-order valence-electron chi connectivity index (χ0n) is 32.9. The summed E-state index contributed by atoms with van der Waals surface area (Å²) in [5.74, 6) is 0.549. The maximum absolute atomic E-state index is 14.4. The van der Waals surface area contributed by atoms with Crippen molar-refractivity contribution < 1.29 is 33.4 Å². The summed E-state index contributed by atoms with van der Waals surface area (Å²) >= 11 is 0. The van der Waals surface area contributed by atoms with E-state index in [1.807, 2.05) is 0 Å². The monoisotopic (exact) mass is 697 g/mol. The normalized spacial score (nSPS) is 43.5. The summed E-state index contributed by atoms with van der Waals surface area (Å²) in [7, 11) is 0. The molecule has 0 aromatic carbocycles. The number of ether oxygens (including phenoxy) is 3. The van der Waals surface area contributed by atoms with Crippen LogP contribution in [0.1, 0.15) is 146 Å². The number of amides is 1. The van der Waals surface area contributed by atoms with Crippen molar-refractivity contribution in [3.05, 3.63) is 11.6 Å². The Balaban J connectivity index is 1.56. The molecule has 0 aromatic rings. The number of nitrogens with one attached hydrogen (secondary N) is 1. The summed E-state index contributed by atoms with van der Waals surface area (Å²) in [6.45, 7) is 21.5. The molecular formula is C42H67NO7. The number of carbonyl (C=O) groups excluding carboxylic acids is 4. The van der Waals surface area contributed by atoms with Gasteiger partial charge in [-0.25, -0.2) is 0 Å². The van der Waals surface area contributed by atoms with Crippen molar-refractivity contribution in [3.63, 3.8) is 0 Å². The van der Waals surface area contributed by atoms with E-state index in [4.69, 9.17) is 14.2 Å². The maximum Gasteiger partial charge on any atom is 0.303 e. The highest BCUT2D eigenvalue weighted by Crippen LogP contribution is 2.76. The largest absolute Gasteiger partial charge is 0.465 e. The summed E-state index contributed by atoms with van der Waals surface area (Å²) in [6, 6.07) is 0. The van der Waals surface area contributed by atoms with Crippen LogP contribution < -0.4 is 5.32 Å². The number of fused-ring (bicyclic) bond motifs is 7. The number of hydrogen-bond donors (Lipinski definition) is 1. The Labute approximate surface area is 302 Å². The van der Waals surface area contributed by atoms with Crippen LogP contribution in [0.25, 0.3) is 0 Å². The van der Waals surface area contributed by atoms with Crippen LogP contribution in [0.5, 0.6) is 0 Å². The molecule has 0 aromatic heterocycles. The minimum atomic E-state index is -0.749. The quantitative estimate of drug-likeness (QED) is 0.106. The summed E-state index contributed by atoms with van der Waals surface area (Å²) in [4.78, 5) is 51.7. The summed E-state index contributed by atoms with van der Waals surface area (Å²) in [6.07, 6.45) is 13.0. The number of unbranched alkanes of at least 4 members (excludes halogenated alkanes) is 3. The van der Waals surface area contributed by atoms with Crippen molar-refractivity contribution in [1.82, 2.24) is 5.32 Å². The van der Waals surface area contributed by atoms with E-state index >= 15 is 0 Å². The minimum Gasteiger partial charge on any atom is -0.465 e. The molecule has 0 saturated heterocycles. The smallest absolute Gasteiger partial charge is 0.303 e. The Morgan fingerprint density at radius 3 is 2.18 bits per heavy atom. The fraction of sp³-hybridized carbons (Fsp3) is 0.857. The lowest BCUT2D eigenvalue weighted by Gasteiger charge is -2.72. The Morgan fingerprint density at radius 1 is 0.840 bits per heavy atom. The molecule has 5 aliphatic carbocycles. The summed E-state index contributed by atoms with van der Waals surface area (Å²) in [5.41, 5.74) is -0.0562. The van der Waals surface area contributed by atoms with Gasteiger partial charge in [-0.3, -0.25) is 19.2 Å². The Bertz CT molecular complexity index is 1360. The number of rotatable bonds is 10. The Morgan fingerprint density at radius 2 is 1.54 bits per heavy atom. The highest BCUT2D eigenvalue weighted by atomic mass is 16.6. The number of carbonyl (C=O) groups is 4. The molecule has 3 unspecified atom stereocenters. The van der Waals surface area contributed by atoms with Gasteiger partial charge >= 0.3 is 17.9 Å². The first kappa shape index (κ1) is 38.8. The van der Waals surface area contributed by atoms with Gasteiger partial charge < -0.3 is 19.5 Å². The molecule has 4 fully saturated rings. The first-order valence-electron chi connectivity index (χ1n) is 19.9. The van der Waals surface area contributed by atoms with E-state index in [9.17, 15) is 19.2 Å². The van der Waals surface area contributed by atoms with Crippen LogP contribution in [0.3, 0.4) is 0 Å². The SMILES string of the molecule is CCCCCCNC(=O)[C@]12CC[C@@H](C)[C@H](C)C1C1=CCC3[C@@]4(C)C[C@@H](OC(C)=O)[C@H](OC(C)=O)[C@@](C)(COC(C)=O)C4CC[C@@]3(C)[C@]1(C)CC2. The molecule has 0 spiro atoms. The van der Waals surface area contributed by atoms with E-state index in [0.717, 1.165) is 64.3 Å². The van der Waals surface area contributed by atoms with Gasteiger partial charge in [0.15, 0.2) is 0 Å². The average molecular weight is 698 g/mol. The van der Waals surface area contributed by atoms with Gasteiger partial charge in [0, 0.05) is 32.7 Å². The van der Waals surface area contributed by atoms with Gasteiger partial charge in [-0.1, -0.05) is 79.4 Å². The summed E-state index contributed by atoms with van der Waals surface area (Å²) in [5, 5.41) is 3.44. The molecule has 0 heterocycles. The van der Waals surface area contributed by atoms with E-state index in [1.165, 1.54) is 39.2 Å².